The second kappa shape index (κ2) is 6.82. The fourth-order valence-corrected chi connectivity index (χ4v) is 2.64. The van der Waals surface area contributed by atoms with Crippen LogP contribution >= 0.6 is 0 Å². The van der Waals surface area contributed by atoms with Gasteiger partial charge in [0, 0.05) is 18.2 Å². The zero-order chi connectivity index (χ0) is 16.2. The summed E-state index contributed by atoms with van der Waals surface area (Å²) in [4.78, 5) is 14.7. The van der Waals surface area contributed by atoms with Crippen LogP contribution in [0.15, 0.2) is 48.5 Å². The molecule has 1 aliphatic carbocycles. The van der Waals surface area contributed by atoms with Crippen LogP contribution in [0.5, 0.6) is 5.75 Å². The highest BCUT2D eigenvalue weighted by Crippen LogP contribution is 2.32. The maximum absolute atomic E-state index is 13.9. The fraction of sp³-hybridized carbons (Fsp3) is 0.316. The van der Waals surface area contributed by atoms with Gasteiger partial charge in [-0.1, -0.05) is 30.3 Å². The minimum absolute atomic E-state index is 0.0974. The van der Waals surface area contributed by atoms with Crippen LogP contribution in [0, 0.1) is 5.82 Å². The van der Waals surface area contributed by atoms with Gasteiger partial charge in [-0.3, -0.25) is 4.79 Å². The first kappa shape index (κ1) is 15.5. The van der Waals surface area contributed by atoms with Gasteiger partial charge in [0.25, 0.3) is 5.91 Å². The number of hydrogen-bond acceptors (Lipinski definition) is 2. The minimum Gasteiger partial charge on any atom is -0.493 e. The number of amides is 1. The molecule has 4 heteroatoms. The molecule has 0 spiro atoms. The van der Waals surface area contributed by atoms with Crippen molar-refractivity contribution in [2.45, 2.75) is 32.4 Å². The van der Waals surface area contributed by atoms with E-state index in [9.17, 15) is 9.18 Å². The van der Waals surface area contributed by atoms with E-state index in [1.165, 1.54) is 6.07 Å². The smallest absolute Gasteiger partial charge is 0.258 e. The van der Waals surface area contributed by atoms with E-state index >= 15 is 0 Å². The molecule has 2 aromatic rings. The van der Waals surface area contributed by atoms with E-state index in [2.05, 4.69) is 0 Å². The Bertz CT molecular complexity index is 697. The highest BCUT2D eigenvalue weighted by molar-refractivity contribution is 5.97. The van der Waals surface area contributed by atoms with Crippen molar-refractivity contribution < 1.29 is 13.9 Å². The molecular weight excluding hydrogens is 293 g/mol. The molecule has 0 bridgehead atoms. The van der Waals surface area contributed by atoms with Crippen LogP contribution in [0.4, 0.5) is 4.39 Å². The van der Waals surface area contributed by atoms with Crippen molar-refractivity contribution in [2.24, 2.45) is 0 Å². The second-order valence-electron chi connectivity index (χ2n) is 5.68. The molecule has 1 amide bonds. The Morgan fingerprint density at radius 2 is 1.87 bits per heavy atom. The number of carbonyl (C=O) groups excluding carboxylic acids is 1. The van der Waals surface area contributed by atoms with Gasteiger partial charge in [0.05, 0.1) is 12.2 Å². The topological polar surface area (TPSA) is 29.5 Å². The van der Waals surface area contributed by atoms with Gasteiger partial charge < -0.3 is 9.64 Å². The summed E-state index contributed by atoms with van der Waals surface area (Å²) in [6.07, 6.45) is 1.94. The van der Waals surface area contributed by atoms with Crippen LogP contribution in [-0.2, 0) is 6.54 Å². The summed E-state index contributed by atoms with van der Waals surface area (Å²) in [7, 11) is 0. The van der Waals surface area contributed by atoms with Gasteiger partial charge in [-0.15, -0.1) is 0 Å². The van der Waals surface area contributed by atoms with Crippen LogP contribution in [0.2, 0.25) is 0 Å². The summed E-state index contributed by atoms with van der Waals surface area (Å²) in [5.41, 5.74) is 1.08. The molecule has 0 unspecified atom stereocenters. The third-order valence-electron chi connectivity index (χ3n) is 3.96. The standard InChI is InChI=1S/C19H20FNO2/c1-2-23-18-10-6-4-8-16(18)19(22)21(15-11-12-15)13-14-7-3-5-9-17(14)20/h3-10,15H,2,11-13H2,1H3. The van der Waals surface area contributed by atoms with Gasteiger partial charge in [0.2, 0.25) is 0 Å². The monoisotopic (exact) mass is 313 g/mol. The first-order valence-corrected chi connectivity index (χ1v) is 7.97. The molecule has 0 heterocycles. The van der Waals surface area contributed by atoms with Crippen LogP contribution in [0.3, 0.4) is 0 Å². The molecule has 3 nitrogen and oxygen atoms in total. The Labute approximate surface area is 135 Å². The van der Waals surface area contributed by atoms with Crippen molar-refractivity contribution in [2.75, 3.05) is 6.61 Å². The van der Waals surface area contributed by atoms with Crippen molar-refractivity contribution in [3.63, 3.8) is 0 Å². The summed E-state index contributed by atoms with van der Waals surface area (Å²) in [6.45, 7) is 2.68. The molecule has 23 heavy (non-hydrogen) atoms. The molecule has 0 aromatic heterocycles. The van der Waals surface area contributed by atoms with Gasteiger partial charge in [-0.05, 0) is 38.0 Å². The number of halogens is 1. The van der Waals surface area contributed by atoms with Gasteiger partial charge in [-0.2, -0.15) is 0 Å². The predicted octanol–water partition coefficient (Wildman–Crippen LogP) is 4.03. The number of ether oxygens (including phenoxy) is 1. The lowest BCUT2D eigenvalue weighted by Gasteiger charge is -2.24. The summed E-state index contributed by atoms with van der Waals surface area (Å²) < 4.78 is 19.5. The molecule has 0 aliphatic heterocycles. The molecule has 0 N–H and O–H groups in total. The number of nitrogens with zero attached hydrogens (tertiary/aromatic N) is 1. The normalized spacial score (nSPS) is 13.7. The SMILES string of the molecule is CCOc1ccccc1C(=O)N(Cc1ccccc1F)C1CC1. The summed E-state index contributed by atoms with van der Waals surface area (Å²) in [5.74, 6) is 0.211. The van der Waals surface area contributed by atoms with E-state index in [-0.39, 0.29) is 24.3 Å². The first-order valence-electron chi connectivity index (χ1n) is 7.97. The second-order valence-corrected chi connectivity index (χ2v) is 5.68. The van der Waals surface area contributed by atoms with Crippen LogP contribution in [0.25, 0.3) is 0 Å². The van der Waals surface area contributed by atoms with Crippen molar-refractivity contribution in [3.05, 3.63) is 65.5 Å². The molecular formula is C19H20FNO2. The molecule has 0 saturated heterocycles. The lowest BCUT2D eigenvalue weighted by Crippen LogP contribution is -2.33. The van der Waals surface area contributed by atoms with Crippen molar-refractivity contribution in [1.29, 1.82) is 0 Å². The zero-order valence-electron chi connectivity index (χ0n) is 13.2. The predicted molar refractivity (Wildman–Crippen MR) is 86.9 cm³/mol. The minimum atomic E-state index is -0.274. The van der Waals surface area contributed by atoms with Crippen molar-refractivity contribution in [1.82, 2.24) is 4.90 Å². The van der Waals surface area contributed by atoms with Crippen molar-refractivity contribution >= 4 is 5.91 Å². The zero-order valence-corrected chi connectivity index (χ0v) is 13.2. The van der Waals surface area contributed by atoms with Crippen LogP contribution in [-0.4, -0.2) is 23.5 Å². The summed E-state index contributed by atoms with van der Waals surface area (Å²) >= 11 is 0. The molecule has 0 radical (unpaired) electrons. The molecule has 0 atom stereocenters. The third-order valence-corrected chi connectivity index (χ3v) is 3.96. The number of para-hydroxylation sites is 1. The Hall–Kier alpha value is -2.36. The number of carbonyl (C=O) groups is 1. The Balaban J connectivity index is 1.87. The Morgan fingerprint density at radius 3 is 2.57 bits per heavy atom. The molecule has 2 aromatic carbocycles. The fourth-order valence-electron chi connectivity index (χ4n) is 2.64. The van der Waals surface area contributed by atoms with Crippen molar-refractivity contribution in [3.8, 4) is 5.75 Å². The van der Waals surface area contributed by atoms with E-state index < -0.39 is 0 Å². The summed E-state index contributed by atoms with van der Waals surface area (Å²) in [6, 6.07) is 14.0. The first-order chi connectivity index (χ1) is 11.2. The molecule has 1 aliphatic rings. The largest absolute Gasteiger partial charge is 0.493 e. The maximum atomic E-state index is 13.9. The van der Waals surface area contributed by atoms with E-state index in [0.29, 0.717) is 23.5 Å². The highest BCUT2D eigenvalue weighted by atomic mass is 19.1. The average molecular weight is 313 g/mol. The number of hydrogen-bond donors (Lipinski definition) is 0. The van der Waals surface area contributed by atoms with Gasteiger partial charge in [-0.25, -0.2) is 4.39 Å². The van der Waals surface area contributed by atoms with Gasteiger partial charge in [0.1, 0.15) is 11.6 Å². The van der Waals surface area contributed by atoms with E-state index in [1.807, 2.05) is 19.1 Å². The van der Waals surface area contributed by atoms with E-state index in [0.717, 1.165) is 12.8 Å². The molecule has 1 fully saturated rings. The maximum Gasteiger partial charge on any atom is 0.258 e. The highest BCUT2D eigenvalue weighted by Gasteiger charge is 2.34. The average Bonchev–Trinajstić information content (AvgIpc) is 3.39. The Kier molecular flexibility index (Phi) is 4.60. The lowest BCUT2D eigenvalue weighted by atomic mass is 10.1. The molecule has 3 rings (SSSR count). The number of rotatable bonds is 6. The quantitative estimate of drug-likeness (QED) is 0.806. The van der Waals surface area contributed by atoms with E-state index in [1.54, 1.807) is 35.2 Å². The molecule has 120 valence electrons. The Morgan fingerprint density at radius 1 is 1.17 bits per heavy atom. The van der Waals surface area contributed by atoms with E-state index in [4.69, 9.17) is 4.74 Å². The van der Waals surface area contributed by atoms with Crippen LogP contribution in [0.1, 0.15) is 35.7 Å². The summed E-state index contributed by atoms with van der Waals surface area (Å²) in [5, 5.41) is 0. The van der Waals surface area contributed by atoms with Gasteiger partial charge in [0.15, 0.2) is 0 Å². The van der Waals surface area contributed by atoms with Gasteiger partial charge >= 0.3 is 0 Å². The lowest BCUT2D eigenvalue weighted by molar-refractivity contribution is 0.0724. The molecule has 1 saturated carbocycles. The third kappa shape index (κ3) is 3.52. The number of benzene rings is 2. The van der Waals surface area contributed by atoms with Crippen LogP contribution < -0.4 is 4.74 Å².